The van der Waals surface area contributed by atoms with Gasteiger partial charge in [0.1, 0.15) is 5.75 Å². The summed E-state index contributed by atoms with van der Waals surface area (Å²) >= 11 is 0. The van der Waals surface area contributed by atoms with Gasteiger partial charge in [-0.05, 0) is 26.0 Å². The van der Waals surface area contributed by atoms with Crippen LogP contribution in [0.25, 0.3) is 10.9 Å². The van der Waals surface area contributed by atoms with Gasteiger partial charge >= 0.3 is 5.97 Å². The molecular formula is C12H14N2O3. The fourth-order valence-electron chi connectivity index (χ4n) is 1.94. The first kappa shape index (κ1) is 11.4. The highest BCUT2D eigenvalue weighted by molar-refractivity contribution is 5.90. The molecule has 2 aromatic rings. The standard InChI is InChI=1S/C12H14N2O3/c1-7(2)14-9(6-11(16)17)12-8(13-14)4-3-5-10(12)15/h3-5,7,15H,6H2,1-2H3,(H,16,17). The Hall–Kier alpha value is -2.04. The number of phenolic OH excluding ortho intramolecular Hbond substituents is 1. The Morgan fingerprint density at radius 1 is 1.47 bits per heavy atom. The van der Waals surface area contributed by atoms with Crippen molar-refractivity contribution < 1.29 is 15.0 Å². The van der Waals surface area contributed by atoms with E-state index >= 15 is 0 Å². The molecule has 1 aromatic carbocycles. The quantitative estimate of drug-likeness (QED) is 0.851. The Kier molecular flexibility index (Phi) is 2.75. The molecule has 0 unspecified atom stereocenters. The Bertz CT molecular complexity index is 572. The first-order valence-corrected chi connectivity index (χ1v) is 5.41. The summed E-state index contributed by atoms with van der Waals surface area (Å²) in [5.74, 6) is -0.859. The molecule has 0 amide bonds. The number of hydrogen-bond acceptors (Lipinski definition) is 3. The van der Waals surface area contributed by atoms with E-state index in [2.05, 4.69) is 5.10 Å². The molecule has 2 rings (SSSR count). The van der Waals surface area contributed by atoms with Gasteiger partial charge in [0.2, 0.25) is 0 Å². The van der Waals surface area contributed by atoms with Gasteiger partial charge in [-0.25, -0.2) is 0 Å². The van der Waals surface area contributed by atoms with Crippen LogP contribution in [0.4, 0.5) is 0 Å². The number of nitrogens with zero attached hydrogens (tertiary/aromatic N) is 2. The smallest absolute Gasteiger partial charge is 0.309 e. The van der Waals surface area contributed by atoms with Crippen LogP contribution in [0.2, 0.25) is 0 Å². The van der Waals surface area contributed by atoms with E-state index in [0.29, 0.717) is 16.6 Å². The first-order chi connectivity index (χ1) is 8.00. The third-order valence-corrected chi connectivity index (χ3v) is 2.61. The molecule has 0 atom stereocenters. The van der Waals surface area contributed by atoms with Crippen LogP contribution in [0.3, 0.4) is 0 Å². The van der Waals surface area contributed by atoms with E-state index in [1.807, 2.05) is 13.8 Å². The summed E-state index contributed by atoms with van der Waals surface area (Å²) in [6.07, 6.45) is -0.147. The zero-order valence-electron chi connectivity index (χ0n) is 9.71. The Balaban J connectivity index is 2.73. The van der Waals surface area contributed by atoms with E-state index in [4.69, 9.17) is 5.11 Å². The molecule has 17 heavy (non-hydrogen) atoms. The lowest BCUT2D eigenvalue weighted by Crippen LogP contribution is -2.11. The van der Waals surface area contributed by atoms with Crippen LogP contribution in [-0.2, 0) is 11.2 Å². The number of aromatic hydroxyl groups is 1. The van der Waals surface area contributed by atoms with Crippen LogP contribution in [-0.4, -0.2) is 26.0 Å². The summed E-state index contributed by atoms with van der Waals surface area (Å²) in [6.45, 7) is 3.85. The van der Waals surface area contributed by atoms with Crippen molar-refractivity contribution in [1.29, 1.82) is 0 Å². The summed E-state index contributed by atoms with van der Waals surface area (Å²) in [6, 6.07) is 5.05. The minimum absolute atomic E-state index is 0.0520. The predicted octanol–water partition coefficient (Wildman–Crippen LogP) is 1.95. The first-order valence-electron chi connectivity index (χ1n) is 5.41. The molecule has 5 heteroatoms. The summed E-state index contributed by atoms with van der Waals surface area (Å²) < 4.78 is 1.65. The van der Waals surface area contributed by atoms with Crippen molar-refractivity contribution in [3.8, 4) is 5.75 Å². The second-order valence-corrected chi connectivity index (χ2v) is 4.23. The van der Waals surface area contributed by atoms with Crippen molar-refractivity contribution >= 4 is 16.9 Å². The molecule has 1 heterocycles. The van der Waals surface area contributed by atoms with Crippen molar-refractivity contribution in [2.45, 2.75) is 26.3 Å². The van der Waals surface area contributed by atoms with E-state index in [0.717, 1.165) is 0 Å². The number of carboxylic acids is 1. The van der Waals surface area contributed by atoms with E-state index < -0.39 is 5.97 Å². The maximum Gasteiger partial charge on any atom is 0.309 e. The van der Waals surface area contributed by atoms with Gasteiger partial charge in [0.15, 0.2) is 0 Å². The lowest BCUT2D eigenvalue weighted by Gasteiger charge is -2.09. The number of carboxylic acid groups (broad SMARTS) is 1. The van der Waals surface area contributed by atoms with Gasteiger partial charge < -0.3 is 10.2 Å². The molecule has 90 valence electrons. The summed E-state index contributed by atoms with van der Waals surface area (Å²) in [5.41, 5.74) is 1.16. The van der Waals surface area contributed by atoms with E-state index in [1.54, 1.807) is 22.9 Å². The molecule has 0 spiro atoms. The van der Waals surface area contributed by atoms with Gasteiger partial charge in [-0.3, -0.25) is 9.48 Å². The number of aromatic nitrogens is 2. The molecule has 0 fully saturated rings. The van der Waals surface area contributed by atoms with E-state index in [9.17, 15) is 9.90 Å². The summed E-state index contributed by atoms with van der Waals surface area (Å²) in [4.78, 5) is 10.9. The van der Waals surface area contributed by atoms with E-state index in [1.165, 1.54) is 0 Å². The van der Waals surface area contributed by atoms with Gasteiger partial charge in [-0.15, -0.1) is 0 Å². The number of rotatable bonds is 3. The third kappa shape index (κ3) is 1.95. The molecule has 2 N–H and O–H groups in total. The summed E-state index contributed by atoms with van der Waals surface area (Å²) in [5, 5.41) is 23.6. The zero-order valence-corrected chi connectivity index (χ0v) is 9.71. The van der Waals surface area contributed by atoms with Crippen LogP contribution in [0.15, 0.2) is 18.2 Å². The van der Waals surface area contributed by atoms with Crippen molar-refractivity contribution in [3.63, 3.8) is 0 Å². The van der Waals surface area contributed by atoms with E-state index in [-0.39, 0.29) is 18.2 Å². The number of carbonyl (C=O) groups is 1. The van der Waals surface area contributed by atoms with Crippen LogP contribution in [0.5, 0.6) is 5.75 Å². The average Bonchev–Trinajstić information content (AvgIpc) is 2.57. The third-order valence-electron chi connectivity index (χ3n) is 2.61. The summed E-state index contributed by atoms with van der Waals surface area (Å²) in [7, 11) is 0. The second kappa shape index (κ2) is 4.08. The van der Waals surface area contributed by atoms with Gasteiger partial charge in [-0.1, -0.05) is 6.07 Å². The maximum atomic E-state index is 10.9. The molecule has 0 radical (unpaired) electrons. The Morgan fingerprint density at radius 3 is 2.76 bits per heavy atom. The lowest BCUT2D eigenvalue weighted by molar-refractivity contribution is -0.136. The molecular weight excluding hydrogens is 220 g/mol. The van der Waals surface area contributed by atoms with Crippen molar-refractivity contribution in [2.75, 3.05) is 0 Å². The highest BCUT2D eigenvalue weighted by atomic mass is 16.4. The SMILES string of the molecule is CC(C)n1nc2cccc(O)c2c1CC(=O)O. The minimum atomic E-state index is -0.933. The number of phenols is 1. The predicted molar refractivity (Wildman–Crippen MR) is 63.1 cm³/mol. The second-order valence-electron chi connectivity index (χ2n) is 4.23. The molecule has 0 aliphatic carbocycles. The van der Waals surface area contributed by atoms with Crippen LogP contribution < -0.4 is 0 Å². The molecule has 5 nitrogen and oxygen atoms in total. The molecule has 0 aliphatic rings. The molecule has 0 saturated carbocycles. The number of aliphatic carboxylic acids is 1. The van der Waals surface area contributed by atoms with Gasteiger partial charge in [0.05, 0.1) is 23.0 Å². The highest BCUT2D eigenvalue weighted by Gasteiger charge is 2.18. The van der Waals surface area contributed by atoms with Gasteiger partial charge in [-0.2, -0.15) is 5.10 Å². The topological polar surface area (TPSA) is 75.3 Å². The minimum Gasteiger partial charge on any atom is -0.507 e. The highest BCUT2D eigenvalue weighted by Crippen LogP contribution is 2.29. The van der Waals surface area contributed by atoms with Gasteiger partial charge in [0.25, 0.3) is 0 Å². The number of fused-ring (bicyclic) bond motifs is 1. The van der Waals surface area contributed by atoms with Crippen molar-refractivity contribution in [1.82, 2.24) is 9.78 Å². The Labute approximate surface area is 98.3 Å². The van der Waals surface area contributed by atoms with Crippen molar-refractivity contribution in [3.05, 3.63) is 23.9 Å². The lowest BCUT2D eigenvalue weighted by atomic mass is 10.1. The fraction of sp³-hybridized carbons (Fsp3) is 0.333. The monoisotopic (exact) mass is 234 g/mol. The zero-order chi connectivity index (χ0) is 12.6. The number of benzene rings is 1. The van der Waals surface area contributed by atoms with Crippen molar-refractivity contribution in [2.24, 2.45) is 0 Å². The number of hydrogen-bond donors (Lipinski definition) is 2. The normalized spacial score (nSPS) is 11.2. The van der Waals surface area contributed by atoms with Crippen LogP contribution in [0.1, 0.15) is 25.6 Å². The average molecular weight is 234 g/mol. The van der Waals surface area contributed by atoms with Crippen LogP contribution >= 0.6 is 0 Å². The van der Waals surface area contributed by atoms with Crippen LogP contribution in [0, 0.1) is 0 Å². The fourth-order valence-corrected chi connectivity index (χ4v) is 1.94. The molecule has 0 bridgehead atoms. The largest absolute Gasteiger partial charge is 0.507 e. The maximum absolute atomic E-state index is 10.9. The molecule has 0 saturated heterocycles. The molecule has 1 aromatic heterocycles. The van der Waals surface area contributed by atoms with Gasteiger partial charge in [0, 0.05) is 6.04 Å². The Morgan fingerprint density at radius 2 is 2.18 bits per heavy atom. The molecule has 0 aliphatic heterocycles.